The number of hydrogen-bond acceptors (Lipinski definition) is 2. The maximum atomic E-state index is 11.7. The van der Waals surface area contributed by atoms with Gasteiger partial charge < -0.3 is 5.11 Å². The summed E-state index contributed by atoms with van der Waals surface area (Å²) in [7, 11) is 0. The van der Waals surface area contributed by atoms with Crippen LogP contribution in [0.3, 0.4) is 0 Å². The lowest BCUT2D eigenvalue weighted by atomic mass is 10.00. The number of hydrogen-bond donors (Lipinski definition) is 1. The number of amidine groups is 1. The summed E-state index contributed by atoms with van der Waals surface area (Å²) in [6, 6.07) is 17.8. The van der Waals surface area contributed by atoms with Crippen molar-refractivity contribution in [2.75, 3.05) is 18.0 Å². The quantitative estimate of drug-likeness (QED) is 0.836. The Morgan fingerprint density at radius 2 is 1.71 bits per heavy atom. The monoisotopic (exact) mass is 341 g/mol. The average Bonchev–Trinajstić information content (AvgIpc) is 2.74. The van der Waals surface area contributed by atoms with E-state index in [1.807, 2.05) is 54.6 Å². The zero-order valence-electron chi connectivity index (χ0n) is 13.7. The molecule has 0 saturated carbocycles. The minimum absolute atomic E-state index is 0.606. The summed E-state index contributed by atoms with van der Waals surface area (Å²) in [5, 5.41) is 12.4. The van der Waals surface area contributed by atoms with Gasteiger partial charge in [0.25, 0.3) is 11.6 Å². The molecule has 0 saturated heterocycles. The smallest absolute Gasteiger partial charge is 0.275 e. The van der Waals surface area contributed by atoms with Gasteiger partial charge in [0.15, 0.2) is 6.54 Å². The van der Waals surface area contributed by atoms with Crippen molar-refractivity contribution in [3.8, 4) is 0 Å². The third-order valence-corrected chi connectivity index (χ3v) is 5.31. The minimum Gasteiger partial charge on any atom is -0.346 e. The van der Waals surface area contributed by atoms with Crippen LogP contribution >= 0.6 is 11.6 Å². The van der Waals surface area contributed by atoms with Crippen molar-refractivity contribution in [1.29, 1.82) is 0 Å². The standard InChI is InChI=1S/C20H22ClN2O/c21-17-10-12-18(13-11-17)23-19-9-5-2-6-14-22(19)15-20(23,24)16-7-3-1-4-8-16/h1,3-4,7-8,10-13,24H,2,5-6,9,14-15H2/q+1. The fraction of sp³-hybridized carbons (Fsp3) is 0.350. The molecule has 2 aromatic carbocycles. The van der Waals surface area contributed by atoms with E-state index in [2.05, 4.69) is 9.48 Å². The normalized spacial score (nSPS) is 24.0. The molecule has 0 fully saturated rings. The number of halogens is 1. The molecule has 0 aliphatic carbocycles. The van der Waals surface area contributed by atoms with E-state index in [1.54, 1.807) is 0 Å². The van der Waals surface area contributed by atoms with Crippen molar-refractivity contribution >= 4 is 23.1 Å². The lowest BCUT2D eigenvalue weighted by Crippen LogP contribution is -2.47. The summed E-state index contributed by atoms with van der Waals surface area (Å²) in [6.45, 7) is 1.61. The summed E-state index contributed by atoms with van der Waals surface area (Å²) in [5.41, 5.74) is 0.882. The first-order valence-electron chi connectivity index (χ1n) is 8.63. The van der Waals surface area contributed by atoms with Gasteiger partial charge in [0, 0.05) is 17.0 Å². The fourth-order valence-electron chi connectivity index (χ4n) is 3.90. The second-order valence-electron chi connectivity index (χ2n) is 6.64. The van der Waals surface area contributed by atoms with Crippen molar-refractivity contribution in [3.63, 3.8) is 0 Å². The Bertz CT molecular complexity index is 757. The number of rotatable bonds is 2. The third kappa shape index (κ3) is 2.62. The van der Waals surface area contributed by atoms with Crippen LogP contribution < -0.4 is 4.90 Å². The molecule has 124 valence electrons. The topological polar surface area (TPSA) is 26.5 Å². The summed E-state index contributed by atoms with van der Waals surface area (Å²) in [4.78, 5) is 2.12. The SMILES string of the molecule is OC1(c2ccccc2)C[N+]2=C(CCCCC2)N1c1ccc(Cl)cc1. The summed E-state index contributed by atoms with van der Waals surface area (Å²) in [5.74, 6) is 1.22. The molecule has 3 nitrogen and oxygen atoms in total. The van der Waals surface area contributed by atoms with Gasteiger partial charge in [-0.05, 0) is 43.5 Å². The highest BCUT2D eigenvalue weighted by molar-refractivity contribution is 6.30. The van der Waals surface area contributed by atoms with Gasteiger partial charge in [-0.2, -0.15) is 4.90 Å². The second-order valence-corrected chi connectivity index (χ2v) is 7.08. The van der Waals surface area contributed by atoms with Gasteiger partial charge in [-0.15, -0.1) is 0 Å². The number of aliphatic hydroxyl groups is 1. The first-order valence-corrected chi connectivity index (χ1v) is 9.01. The predicted octanol–water partition coefficient (Wildman–Crippen LogP) is 3.99. The van der Waals surface area contributed by atoms with E-state index in [4.69, 9.17) is 11.6 Å². The summed E-state index contributed by atoms with van der Waals surface area (Å²) < 4.78 is 2.36. The Morgan fingerprint density at radius 3 is 2.46 bits per heavy atom. The van der Waals surface area contributed by atoms with E-state index in [0.29, 0.717) is 11.6 Å². The van der Waals surface area contributed by atoms with Crippen molar-refractivity contribution in [1.82, 2.24) is 0 Å². The Hall–Kier alpha value is -1.84. The molecule has 1 N–H and O–H groups in total. The molecule has 0 spiro atoms. The maximum Gasteiger partial charge on any atom is 0.275 e. The van der Waals surface area contributed by atoms with Crippen LogP contribution in [0.2, 0.25) is 5.02 Å². The molecule has 1 atom stereocenters. The number of benzene rings is 2. The van der Waals surface area contributed by atoms with E-state index >= 15 is 0 Å². The maximum absolute atomic E-state index is 11.7. The Labute approximate surface area is 147 Å². The third-order valence-electron chi connectivity index (χ3n) is 5.05. The van der Waals surface area contributed by atoms with Crippen LogP contribution in [0.15, 0.2) is 54.6 Å². The molecule has 1 unspecified atom stereocenters. The van der Waals surface area contributed by atoms with Gasteiger partial charge >= 0.3 is 0 Å². The van der Waals surface area contributed by atoms with E-state index in [-0.39, 0.29) is 0 Å². The second kappa shape index (κ2) is 6.23. The van der Waals surface area contributed by atoms with Crippen molar-refractivity contribution in [2.24, 2.45) is 0 Å². The molecule has 0 amide bonds. The molecule has 0 bridgehead atoms. The van der Waals surface area contributed by atoms with E-state index in [9.17, 15) is 5.11 Å². The zero-order chi connectivity index (χ0) is 16.6. The Kier molecular flexibility index (Phi) is 4.07. The predicted molar refractivity (Wildman–Crippen MR) is 97.7 cm³/mol. The fourth-order valence-corrected chi connectivity index (χ4v) is 4.03. The molecular weight excluding hydrogens is 320 g/mol. The first kappa shape index (κ1) is 15.7. The molecule has 0 aromatic heterocycles. The molecule has 2 aliphatic heterocycles. The highest BCUT2D eigenvalue weighted by Crippen LogP contribution is 2.37. The van der Waals surface area contributed by atoms with Gasteiger partial charge in [-0.3, -0.25) is 4.58 Å². The average molecular weight is 342 g/mol. The van der Waals surface area contributed by atoms with Gasteiger partial charge in [-0.25, -0.2) is 0 Å². The van der Waals surface area contributed by atoms with Gasteiger partial charge in [0.1, 0.15) is 5.69 Å². The summed E-state index contributed by atoms with van der Waals surface area (Å²) >= 11 is 6.07. The molecule has 2 heterocycles. The van der Waals surface area contributed by atoms with Crippen LogP contribution in [-0.2, 0) is 5.72 Å². The molecule has 24 heavy (non-hydrogen) atoms. The molecule has 4 heteroatoms. The van der Waals surface area contributed by atoms with Crippen molar-refractivity contribution < 1.29 is 9.68 Å². The number of anilines is 1. The highest BCUT2D eigenvalue weighted by atomic mass is 35.5. The molecular formula is C20H22ClN2O+. The van der Waals surface area contributed by atoms with E-state index < -0.39 is 5.72 Å². The van der Waals surface area contributed by atoms with Crippen molar-refractivity contribution in [2.45, 2.75) is 31.4 Å². The highest BCUT2D eigenvalue weighted by Gasteiger charge is 2.53. The lowest BCUT2D eigenvalue weighted by molar-refractivity contribution is -0.534. The Balaban J connectivity index is 1.84. The van der Waals surface area contributed by atoms with Crippen LogP contribution in [0, 0.1) is 0 Å². The van der Waals surface area contributed by atoms with E-state index in [0.717, 1.165) is 24.2 Å². The molecule has 0 radical (unpaired) electrons. The number of nitrogens with zero attached hydrogens (tertiary/aromatic N) is 2. The zero-order valence-corrected chi connectivity index (χ0v) is 14.4. The van der Waals surface area contributed by atoms with Crippen LogP contribution in [0.4, 0.5) is 5.69 Å². The first-order chi connectivity index (χ1) is 11.7. The summed E-state index contributed by atoms with van der Waals surface area (Å²) in [6.07, 6.45) is 4.60. The van der Waals surface area contributed by atoms with Crippen LogP contribution in [0.1, 0.15) is 31.2 Å². The van der Waals surface area contributed by atoms with Crippen LogP contribution in [0.25, 0.3) is 0 Å². The van der Waals surface area contributed by atoms with Gasteiger partial charge in [0.2, 0.25) is 0 Å². The van der Waals surface area contributed by atoms with Crippen LogP contribution in [0.5, 0.6) is 0 Å². The van der Waals surface area contributed by atoms with Gasteiger partial charge in [-0.1, -0.05) is 41.9 Å². The van der Waals surface area contributed by atoms with Crippen LogP contribution in [-0.4, -0.2) is 28.6 Å². The Morgan fingerprint density at radius 1 is 0.958 bits per heavy atom. The van der Waals surface area contributed by atoms with Gasteiger partial charge in [0.05, 0.1) is 6.54 Å². The largest absolute Gasteiger partial charge is 0.346 e. The molecule has 2 aliphatic rings. The minimum atomic E-state index is -1.04. The molecule has 4 rings (SSSR count). The molecule has 2 aromatic rings. The lowest BCUT2D eigenvalue weighted by Gasteiger charge is -2.29. The van der Waals surface area contributed by atoms with Crippen molar-refractivity contribution in [3.05, 3.63) is 65.2 Å². The van der Waals surface area contributed by atoms with E-state index in [1.165, 1.54) is 25.1 Å².